The van der Waals surface area contributed by atoms with Gasteiger partial charge in [0.2, 0.25) is 0 Å². The van der Waals surface area contributed by atoms with Gasteiger partial charge in [0, 0.05) is 43.1 Å². The van der Waals surface area contributed by atoms with E-state index in [9.17, 15) is 5.11 Å². The number of nitrogens with zero attached hydrogens (tertiary/aromatic N) is 1. The van der Waals surface area contributed by atoms with Crippen molar-refractivity contribution in [1.82, 2.24) is 10.2 Å². The summed E-state index contributed by atoms with van der Waals surface area (Å²) in [6.07, 6.45) is 0.0906. The van der Waals surface area contributed by atoms with Crippen LogP contribution in [0.25, 0.3) is 0 Å². The molecule has 1 aliphatic rings. The predicted octanol–water partition coefficient (Wildman–Crippen LogP) is 2.08. The molecule has 0 saturated carbocycles. The van der Waals surface area contributed by atoms with Gasteiger partial charge < -0.3 is 26.0 Å². The van der Waals surface area contributed by atoms with Crippen molar-refractivity contribution < 1.29 is 5.11 Å². The highest BCUT2D eigenvalue weighted by Gasteiger charge is 2.19. The SMILES string of the molecule is N=C/C(=C(/Cl)C(O)Nc1cccc(Cl)c1)N1CCNCC1. The maximum Gasteiger partial charge on any atom is 0.163 e. The van der Waals surface area contributed by atoms with E-state index in [1.54, 1.807) is 24.3 Å². The molecule has 1 aromatic carbocycles. The molecule has 1 aromatic rings. The number of benzene rings is 1. The number of hydrogen-bond donors (Lipinski definition) is 4. The molecule has 0 bridgehead atoms. The molecule has 0 radical (unpaired) electrons. The zero-order valence-electron chi connectivity index (χ0n) is 11.4. The first-order valence-corrected chi connectivity index (χ1v) is 7.43. The summed E-state index contributed by atoms with van der Waals surface area (Å²) in [5.41, 5.74) is 1.19. The summed E-state index contributed by atoms with van der Waals surface area (Å²) in [5, 5.41) is 24.6. The van der Waals surface area contributed by atoms with Gasteiger partial charge in [-0.05, 0) is 18.2 Å². The first kappa shape index (κ1) is 16.1. The second-order valence-electron chi connectivity index (χ2n) is 4.67. The molecule has 0 amide bonds. The Balaban J connectivity index is 2.12. The second kappa shape index (κ2) is 7.66. The monoisotopic (exact) mass is 328 g/mol. The molecule has 5 nitrogen and oxygen atoms in total. The molecule has 1 aliphatic heterocycles. The Morgan fingerprint density at radius 2 is 2.14 bits per heavy atom. The van der Waals surface area contributed by atoms with E-state index in [1.807, 2.05) is 4.90 Å². The Labute approximate surface area is 134 Å². The molecule has 114 valence electrons. The van der Waals surface area contributed by atoms with Gasteiger partial charge in [-0.2, -0.15) is 0 Å². The molecular weight excluding hydrogens is 311 g/mol. The van der Waals surface area contributed by atoms with Crippen LogP contribution in [0.2, 0.25) is 5.02 Å². The molecule has 0 spiro atoms. The Bertz CT molecular complexity index is 529. The first-order valence-electron chi connectivity index (χ1n) is 6.68. The highest BCUT2D eigenvalue weighted by molar-refractivity contribution is 6.32. The zero-order valence-corrected chi connectivity index (χ0v) is 13.0. The Morgan fingerprint density at radius 3 is 2.76 bits per heavy atom. The van der Waals surface area contributed by atoms with E-state index in [0.717, 1.165) is 26.2 Å². The molecule has 0 aliphatic carbocycles. The predicted molar refractivity (Wildman–Crippen MR) is 87.2 cm³/mol. The summed E-state index contributed by atoms with van der Waals surface area (Å²) in [5.74, 6) is 0. The third kappa shape index (κ3) is 4.35. The molecule has 2 rings (SSSR count). The molecule has 1 fully saturated rings. The second-order valence-corrected chi connectivity index (χ2v) is 5.52. The maximum atomic E-state index is 10.2. The van der Waals surface area contributed by atoms with Gasteiger partial charge in [0.05, 0.1) is 10.7 Å². The molecule has 1 atom stereocenters. The summed E-state index contributed by atoms with van der Waals surface area (Å²) in [6.45, 7) is 3.17. The summed E-state index contributed by atoms with van der Waals surface area (Å²) in [4.78, 5) is 1.98. The van der Waals surface area contributed by atoms with E-state index in [1.165, 1.54) is 6.21 Å². The fourth-order valence-corrected chi connectivity index (χ4v) is 2.58. The van der Waals surface area contributed by atoms with Crippen LogP contribution < -0.4 is 10.6 Å². The van der Waals surface area contributed by atoms with Gasteiger partial charge in [0.1, 0.15) is 0 Å². The molecule has 7 heteroatoms. The van der Waals surface area contributed by atoms with Crippen LogP contribution >= 0.6 is 23.2 Å². The lowest BCUT2D eigenvalue weighted by atomic mass is 10.2. The molecule has 21 heavy (non-hydrogen) atoms. The van der Waals surface area contributed by atoms with Crippen molar-refractivity contribution in [3.63, 3.8) is 0 Å². The van der Waals surface area contributed by atoms with Crippen LogP contribution in [0.5, 0.6) is 0 Å². The summed E-state index contributed by atoms with van der Waals surface area (Å²) in [6, 6.07) is 7.02. The number of allylic oxidation sites excluding steroid dienone is 1. The topological polar surface area (TPSA) is 71.4 Å². The minimum atomic E-state index is -1.09. The Hall–Kier alpha value is -1.27. The van der Waals surface area contributed by atoms with Gasteiger partial charge in [-0.15, -0.1) is 0 Å². The summed E-state index contributed by atoms with van der Waals surface area (Å²) >= 11 is 12.1. The van der Waals surface area contributed by atoms with Crippen molar-refractivity contribution in [3.8, 4) is 0 Å². The van der Waals surface area contributed by atoms with Gasteiger partial charge >= 0.3 is 0 Å². The third-order valence-corrected chi connectivity index (χ3v) is 3.84. The highest BCUT2D eigenvalue weighted by Crippen LogP contribution is 2.21. The standard InChI is InChI=1S/C14H18Cl2N4O/c15-10-2-1-3-11(8-10)19-14(21)13(16)12(9-17)20-6-4-18-5-7-20/h1-3,8-9,14,17-19,21H,4-7H2/b13-12-,17-9?. The number of halogens is 2. The van der Waals surface area contributed by atoms with Gasteiger partial charge in [-0.3, -0.25) is 0 Å². The third-order valence-electron chi connectivity index (χ3n) is 3.21. The van der Waals surface area contributed by atoms with Crippen molar-refractivity contribution in [3.05, 3.63) is 40.0 Å². The van der Waals surface area contributed by atoms with Crippen LogP contribution in [-0.2, 0) is 0 Å². The van der Waals surface area contributed by atoms with Crippen LogP contribution in [0.3, 0.4) is 0 Å². The number of hydrogen-bond acceptors (Lipinski definition) is 5. The normalized spacial score (nSPS) is 18.0. The van der Waals surface area contributed by atoms with Crippen molar-refractivity contribution in [2.24, 2.45) is 0 Å². The Morgan fingerprint density at radius 1 is 1.43 bits per heavy atom. The first-order chi connectivity index (χ1) is 10.1. The Kier molecular flexibility index (Phi) is 5.87. The van der Waals surface area contributed by atoms with E-state index in [4.69, 9.17) is 28.6 Å². The molecule has 0 aromatic heterocycles. The van der Waals surface area contributed by atoms with Gasteiger partial charge in [-0.1, -0.05) is 29.3 Å². The zero-order chi connectivity index (χ0) is 15.2. The van der Waals surface area contributed by atoms with Crippen molar-refractivity contribution in [2.75, 3.05) is 31.5 Å². The average molecular weight is 329 g/mol. The van der Waals surface area contributed by atoms with E-state index >= 15 is 0 Å². The van der Waals surface area contributed by atoms with Gasteiger partial charge in [-0.25, -0.2) is 0 Å². The lowest BCUT2D eigenvalue weighted by Gasteiger charge is -2.31. The fraction of sp³-hybridized carbons (Fsp3) is 0.357. The van der Waals surface area contributed by atoms with Gasteiger partial charge in [0.15, 0.2) is 6.23 Å². The summed E-state index contributed by atoms with van der Waals surface area (Å²) in [7, 11) is 0. The lowest BCUT2D eigenvalue weighted by molar-refractivity contribution is 0.239. The number of aliphatic hydroxyl groups is 1. The molecule has 1 unspecified atom stereocenters. The van der Waals surface area contributed by atoms with Crippen LogP contribution in [0.1, 0.15) is 0 Å². The molecule has 4 N–H and O–H groups in total. The van der Waals surface area contributed by atoms with Crippen LogP contribution in [0, 0.1) is 5.41 Å². The van der Waals surface area contributed by atoms with Crippen molar-refractivity contribution in [1.29, 1.82) is 5.41 Å². The highest BCUT2D eigenvalue weighted by atomic mass is 35.5. The average Bonchev–Trinajstić information content (AvgIpc) is 2.49. The fourth-order valence-electron chi connectivity index (χ4n) is 2.16. The van der Waals surface area contributed by atoms with Crippen molar-refractivity contribution >= 4 is 35.1 Å². The van der Waals surface area contributed by atoms with Crippen LogP contribution in [0.15, 0.2) is 35.0 Å². The largest absolute Gasteiger partial charge is 0.369 e. The number of piperazine rings is 1. The minimum Gasteiger partial charge on any atom is -0.369 e. The van der Waals surface area contributed by atoms with Crippen LogP contribution in [-0.4, -0.2) is 48.6 Å². The summed E-state index contributed by atoms with van der Waals surface area (Å²) < 4.78 is 0. The minimum absolute atomic E-state index is 0.201. The van der Waals surface area contributed by atoms with Crippen LogP contribution in [0.4, 0.5) is 5.69 Å². The number of aliphatic hydroxyl groups excluding tert-OH is 1. The van der Waals surface area contributed by atoms with E-state index in [0.29, 0.717) is 16.4 Å². The van der Waals surface area contributed by atoms with E-state index in [2.05, 4.69) is 10.6 Å². The molecular formula is C14H18Cl2N4O. The van der Waals surface area contributed by atoms with E-state index in [-0.39, 0.29) is 5.03 Å². The number of rotatable bonds is 5. The molecule has 1 saturated heterocycles. The lowest BCUT2D eigenvalue weighted by Crippen LogP contribution is -2.44. The number of nitrogens with one attached hydrogen (secondary N) is 3. The van der Waals surface area contributed by atoms with Crippen molar-refractivity contribution in [2.45, 2.75) is 6.23 Å². The van der Waals surface area contributed by atoms with Gasteiger partial charge in [0.25, 0.3) is 0 Å². The molecule has 1 heterocycles. The number of anilines is 1. The smallest absolute Gasteiger partial charge is 0.163 e. The maximum absolute atomic E-state index is 10.2. The quantitative estimate of drug-likeness (QED) is 0.493. The van der Waals surface area contributed by atoms with E-state index < -0.39 is 6.23 Å².